The second-order valence-corrected chi connectivity index (χ2v) is 13.6. The minimum Gasteiger partial charge on any atom is -0.497 e. The van der Waals surface area contributed by atoms with E-state index in [9.17, 15) is 18.0 Å². The fourth-order valence-corrected chi connectivity index (χ4v) is 7.73. The molecule has 1 fully saturated rings. The van der Waals surface area contributed by atoms with Crippen LogP contribution in [0.3, 0.4) is 0 Å². The molecule has 1 aliphatic heterocycles. The number of thiophene rings is 1. The average molecular weight is 505 g/mol. The molecule has 7 nitrogen and oxygen atoms in total. The van der Waals surface area contributed by atoms with E-state index in [0.29, 0.717) is 34.2 Å². The van der Waals surface area contributed by atoms with Crippen LogP contribution in [-0.2, 0) is 22.7 Å². The van der Waals surface area contributed by atoms with Crippen LogP contribution in [0, 0.1) is 11.3 Å². The molecule has 2 unspecified atom stereocenters. The van der Waals surface area contributed by atoms with Gasteiger partial charge in [-0.2, -0.15) is 0 Å². The van der Waals surface area contributed by atoms with E-state index in [1.165, 1.54) is 11.3 Å². The van der Waals surface area contributed by atoms with Crippen LogP contribution in [0.4, 0.5) is 5.00 Å². The number of carbonyl (C=O) groups excluding carboxylic acids is 2. The van der Waals surface area contributed by atoms with E-state index in [1.54, 1.807) is 31.4 Å². The summed E-state index contributed by atoms with van der Waals surface area (Å²) in [6, 6.07) is 6.40. The Bertz CT molecular complexity index is 1190. The third kappa shape index (κ3) is 5.30. The molecular formula is C25H32N2O5S2. The van der Waals surface area contributed by atoms with Crippen LogP contribution in [0.15, 0.2) is 24.3 Å². The monoisotopic (exact) mass is 504 g/mol. The lowest BCUT2D eigenvalue weighted by Gasteiger charge is -2.33. The molecule has 1 aromatic carbocycles. The number of amides is 2. The van der Waals surface area contributed by atoms with Gasteiger partial charge in [-0.3, -0.25) is 9.59 Å². The molecule has 34 heavy (non-hydrogen) atoms. The number of methoxy groups -OCH3 is 1. The van der Waals surface area contributed by atoms with Crippen LogP contribution in [0.2, 0.25) is 0 Å². The van der Waals surface area contributed by atoms with Gasteiger partial charge in [-0.15, -0.1) is 11.3 Å². The van der Waals surface area contributed by atoms with Crippen molar-refractivity contribution >= 4 is 38.0 Å². The van der Waals surface area contributed by atoms with Crippen molar-refractivity contribution in [2.45, 2.75) is 52.5 Å². The molecule has 2 amide bonds. The first-order valence-corrected chi connectivity index (χ1v) is 14.2. The van der Waals surface area contributed by atoms with Crippen LogP contribution in [0.5, 0.6) is 5.75 Å². The average Bonchev–Trinajstić information content (AvgIpc) is 3.30. The van der Waals surface area contributed by atoms with E-state index in [-0.39, 0.29) is 28.7 Å². The molecule has 2 atom stereocenters. The smallest absolute Gasteiger partial charge is 0.256 e. The lowest BCUT2D eigenvalue weighted by molar-refractivity contribution is 0.0941. The summed E-state index contributed by atoms with van der Waals surface area (Å²) in [6.45, 7) is 6.70. The van der Waals surface area contributed by atoms with Crippen molar-refractivity contribution in [3.8, 4) is 5.75 Å². The van der Waals surface area contributed by atoms with E-state index >= 15 is 0 Å². The summed E-state index contributed by atoms with van der Waals surface area (Å²) in [6.07, 6.45) is 3.01. The number of hydrogen-bond acceptors (Lipinski definition) is 6. The van der Waals surface area contributed by atoms with Gasteiger partial charge >= 0.3 is 0 Å². The predicted octanol–water partition coefficient (Wildman–Crippen LogP) is 4.08. The SMILES string of the molecule is COc1ccc(C(=O)Nc2sc3c(c2C(=O)NC2CCS(=O)(=O)C2)CCC(C(C)(C)C)C3)cc1. The van der Waals surface area contributed by atoms with Gasteiger partial charge in [0.1, 0.15) is 10.8 Å². The van der Waals surface area contributed by atoms with Crippen molar-refractivity contribution in [2.75, 3.05) is 23.9 Å². The molecule has 2 aliphatic rings. The number of rotatable bonds is 5. The summed E-state index contributed by atoms with van der Waals surface area (Å²) in [5, 5.41) is 6.40. The van der Waals surface area contributed by atoms with Gasteiger partial charge in [-0.25, -0.2) is 8.42 Å². The Hall–Kier alpha value is -2.39. The van der Waals surface area contributed by atoms with Crippen LogP contribution in [0.25, 0.3) is 0 Å². The maximum atomic E-state index is 13.4. The van der Waals surface area contributed by atoms with Crippen LogP contribution in [-0.4, -0.2) is 44.9 Å². The molecule has 0 saturated carbocycles. The molecule has 1 aromatic heterocycles. The van der Waals surface area contributed by atoms with Gasteiger partial charge in [0.15, 0.2) is 9.84 Å². The number of nitrogens with one attached hydrogen (secondary N) is 2. The lowest BCUT2D eigenvalue weighted by atomic mass is 9.72. The first-order valence-electron chi connectivity index (χ1n) is 11.6. The summed E-state index contributed by atoms with van der Waals surface area (Å²) < 4.78 is 28.9. The largest absolute Gasteiger partial charge is 0.497 e. The van der Waals surface area contributed by atoms with Gasteiger partial charge in [0.25, 0.3) is 11.8 Å². The van der Waals surface area contributed by atoms with Gasteiger partial charge in [0, 0.05) is 16.5 Å². The summed E-state index contributed by atoms with van der Waals surface area (Å²) >= 11 is 1.46. The molecule has 0 bridgehead atoms. The van der Waals surface area contributed by atoms with Crippen LogP contribution < -0.4 is 15.4 Å². The molecular weight excluding hydrogens is 472 g/mol. The maximum Gasteiger partial charge on any atom is 0.256 e. The zero-order valence-electron chi connectivity index (χ0n) is 20.1. The minimum atomic E-state index is -3.11. The predicted molar refractivity (Wildman–Crippen MR) is 135 cm³/mol. The highest BCUT2D eigenvalue weighted by atomic mass is 32.2. The molecule has 0 radical (unpaired) electrons. The first-order chi connectivity index (χ1) is 16.0. The number of ether oxygens (including phenoxy) is 1. The number of sulfone groups is 1. The Balaban J connectivity index is 1.63. The first kappa shape index (κ1) is 24.7. The fourth-order valence-electron chi connectivity index (χ4n) is 4.74. The molecule has 4 rings (SSSR count). The minimum absolute atomic E-state index is 0.0370. The van der Waals surface area contributed by atoms with Crippen molar-refractivity contribution in [1.82, 2.24) is 5.32 Å². The topological polar surface area (TPSA) is 102 Å². The molecule has 2 aromatic rings. The van der Waals surface area contributed by atoms with Crippen molar-refractivity contribution in [1.29, 1.82) is 0 Å². The molecule has 2 N–H and O–H groups in total. The van der Waals surface area contributed by atoms with Gasteiger partial charge in [-0.1, -0.05) is 20.8 Å². The normalized spacial score (nSPS) is 21.5. The number of fused-ring (bicyclic) bond motifs is 1. The number of hydrogen-bond donors (Lipinski definition) is 2. The van der Waals surface area contributed by atoms with Crippen molar-refractivity contribution in [3.05, 3.63) is 45.8 Å². The van der Waals surface area contributed by atoms with Gasteiger partial charge < -0.3 is 15.4 Å². The standard InChI is InChI=1S/C25H32N2O5S2/c1-25(2,3)16-7-10-19-20(13-16)33-24(27-22(28)15-5-8-18(32-4)9-6-15)21(19)23(29)26-17-11-12-34(30,31)14-17/h5-6,8-9,16-17H,7,10-14H2,1-4H3,(H,26,29)(H,27,28). The Labute approximate surface area is 205 Å². The number of carbonyl (C=O) groups is 2. The van der Waals surface area contributed by atoms with Crippen LogP contribution >= 0.6 is 11.3 Å². The van der Waals surface area contributed by atoms with Gasteiger partial charge in [0.05, 0.1) is 24.2 Å². The highest BCUT2D eigenvalue weighted by Gasteiger charge is 2.36. The Morgan fingerprint density at radius 3 is 2.38 bits per heavy atom. The zero-order valence-corrected chi connectivity index (χ0v) is 21.7. The Morgan fingerprint density at radius 2 is 1.79 bits per heavy atom. The fraction of sp³-hybridized carbons (Fsp3) is 0.520. The summed E-state index contributed by atoms with van der Waals surface area (Å²) in [5.41, 5.74) is 2.08. The van der Waals surface area contributed by atoms with Gasteiger partial charge in [0.2, 0.25) is 0 Å². The van der Waals surface area contributed by atoms with E-state index in [0.717, 1.165) is 29.7 Å². The third-order valence-electron chi connectivity index (χ3n) is 6.86. The molecule has 184 valence electrons. The van der Waals surface area contributed by atoms with Crippen molar-refractivity contribution in [3.63, 3.8) is 0 Å². The quantitative estimate of drug-likeness (QED) is 0.639. The molecule has 9 heteroatoms. The lowest BCUT2D eigenvalue weighted by Crippen LogP contribution is -2.36. The van der Waals surface area contributed by atoms with Crippen molar-refractivity contribution < 1.29 is 22.7 Å². The second-order valence-electron chi connectivity index (χ2n) is 10.3. The Morgan fingerprint density at radius 1 is 1.09 bits per heavy atom. The van der Waals surface area contributed by atoms with Crippen LogP contribution in [0.1, 0.15) is 64.8 Å². The molecule has 0 spiro atoms. The van der Waals surface area contributed by atoms with E-state index < -0.39 is 15.9 Å². The van der Waals surface area contributed by atoms with Gasteiger partial charge in [-0.05, 0) is 66.8 Å². The highest BCUT2D eigenvalue weighted by molar-refractivity contribution is 7.91. The van der Waals surface area contributed by atoms with E-state index in [2.05, 4.69) is 31.4 Å². The number of benzene rings is 1. The highest BCUT2D eigenvalue weighted by Crippen LogP contribution is 2.44. The Kier molecular flexibility index (Phi) is 6.79. The van der Waals surface area contributed by atoms with E-state index in [1.807, 2.05) is 0 Å². The maximum absolute atomic E-state index is 13.4. The second kappa shape index (κ2) is 9.34. The van der Waals surface area contributed by atoms with E-state index in [4.69, 9.17) is 4.74 Å². The summed E-state index contributed by atoms with van der Waals surface area (Å²) in [4.78, 5) is 27.5. The summed E-state index contributed by atoms with van der Waals surface area (Å²) in [5.74, 6) is 0.589. The molecule has 2 heterocycles. The summed E-state index contributed by atoms with van der Waals surface area (Å²) in [7, 11) is -1.55. The van der Waals surface area contributed by atoms with Crippen molar-refractivity contribution in [2.24, 2.45) is 11.3 Å². The zero-order chi connectivity index (χ0) is 24.7. The molecule has 1 aliphatic carbocycles. The molecule has 1 saturated heterocycles. The third-order valence-corrected chi connectivity index (χ3v) is 9.80. The number of anilines is 1.